The Balaban J connectivity index is 1.31. The van der Waals surface area contributed by atoms with E-state index in [4.69, 9.17) is 4.74 Å². The normalized spacial score (nSPS) is 21.3. The van der Waals surface area contributed by atoms with Crippen molar-refractivity contribution in [1.29, 1.82) is 0 Å². The van der Waals surface area contributed by atoms with Crippen molar-refractivity contribution in [3.63, 3.8) is 0 Å². The third kappa shape index (κ3) is 2.81. The molecule has 1 atom stereocenters. The van der Waals surface area contributed by atoms with Gasteiger partial charge in [-0.25, -0.2) is 4.79 Å². The maximum absolute atomic E-state index is 12.4. The highest BCUT2D eigenvalue weighted by molar-refractivity contribution is 5.77. The van der Waals surface area contributed by atoms with Crippen molar-refractivity contribution < 1.29 is 14.3 Å². The van der Waals surface area contributed by atoms with Gasteiger partial charge in [0.15, 0.2) is 11.5 Å². The van der Waals surface area contributed by atoms with Gasteiger partial charge in [-0.3, -0.25) is 9.20 Å². The summed E-state index contributed by atoms with van der Waals surface area (Å²) in [4.78, 5) is 25.9. The summed E-state index contributed by atoms with van der Waals surface area (Å²) < 4.78 is 6.70. The summed E-state index contributed by atoms with van der Waals surface area (Å²) in [7, 11) is 1.44. The molecule has 2 aromatic heterocycles. The average Bonchev–Trinajstić information content (AvgIpc) is 3.18. The first kappa shape index (κ1) is 15.9. The fourth-order valence-corrected chi connectivity index (χ4v) is 3.81. The molecule has 0 radical (unpaired) electrons. The zero-order chi connectivity index (χ0) is 17.4. The zero-order valence-electron chi connectivity index (χ0n) is 14.1. The first-order valence-electron chi connectivity index (χ1n) is 8.52. The Labute approximate surface area is 145 Å². The van der Waals surface area contributed by atoms with Crippen molar-refractivity contribution in [2.24, 2.45) is 11.3 Å². The maximum Gasteiger partial charge on any atom is 0.317 e. The number of methoxy groups -OCH3 is 1. The van der Waals surface area contributed by atoms with Gasteiger partial charge in [0.05, 0.1) is 19.6 Å². The molecule has 0 bridgehead atoms. The molecule has 3 heterocycles. The minimum absolute atomic E-state index is 0.0186. The quantitative estimate of drug-likeness (QED) is 0.847. The minimum atomic E-state index is -0.114. The molecule has 1 aliphatic carbocycles. The number of urea groups is 1. The summed E-state index contributed by atoms with van der Waals surface area (Å²) in [6, 6.07) is 5.57. The van der Waals surface area contributed by atoms with Crippen LogP contribution in [0, 0.1) is 11.3 Å². The standard InChI is InChI=1S/C17H21N5O3/c1-25-15(23)12-10-17(12)5-8-21(9-6-17)16(24)18-11-14-20-19-13-4-2-3-7-22(13)14/h2-4,7,12H,5-6,8-11H2,1H3,(H,18,24)/t12-/m1/s1. The molecule has 4 rings (SSSR count). The lowest BCUT2D eigenvalue weighted by molar-refractivity contribution is -0.143. The topological polar surface area (TPSA) is 88.8 Å². The Morgan fingerprint density at radius 1 is 1.32 bits per heavy atom. The van der Waals surface area contributed by atoms with Crippen LogP contribution in [0.1, 0.15) is 25.1 Å². The summed E-state index contributed by atoms with van der Waals surface area (Å²) in [6.45, 7) is 1.66. The predicted molar refractivity (Wildman–Crippen MR) is 88.6 cm³/mol. The number of aromatic nitrogens is 3. The van der Waals surface area contributed by atoms with Crippen molar-refractivity contribution in [3.8, 4) is 0 Å². The van der Waals surface area contributed by atoms with Gasteiger partial charge >= 0.3 is 12.0 Å². The number of ether oxygens (including phenoxy) is 1. The number of rotatable bonds is 3. The van der Waals surface area contributed by atoms with E-state index in [0.29, 0.717) is 25.5 Å². The Morgan fingerprint density at radius 2 is 2.12 bits per heavy atom. The van der Waals surface area contributed by atoms with E-state index in [-0.39, 0.29) is 23.3 Å². The summed E-state index contributed by atoms with van der Waals surface area (Å²) in [5.41, 5.74) is 0.821. The van der Waals surface area contributed by atoms with Crippen molar-refractivity contribution >= 4 is 17.6 Å². The number of amides is 2. The molecule has 132 valence electrons. The van der Waals surface area contributed by atoms with Gasteiger partial charge in [-0.1, -0.05) is 6.07 Å². The van der Waals surface area contributed by atoms with Crippen LogP contribution in [-0.4, -0.2) is 51.7 Å². The van der Waals surface area contributed by atoms with Gasteiger partial charge in [0, 0.05) is 19.3 Å². The molecular formula is C17H21N5O3. The number of carbonyl (C=O) groups is 2. The third-order valence-corrected chi connectivity index (χ3v) is 5.50. The molecule has 2 amide bonds. The lowest BCUT2D eigenvalue weighted by Crippen LogP contribution is -2.45. The second-order valence-corrected chi connectivity index (χ2v) is 6.83. The molecular weight excluding hydrogens is 322 g/mol. The fraction of sp³-hybridized carbons (Fsp3) is 0.529. The van der Waals surface area contributed by atoms with Crippen molar-refractivity contribution in [3.05, 3.63) is 30.2 Å². The SMILES string of the molecule is COC(=O)[C@H]1CC12CCN(C(=O)NCc1nnc3ccccn13)CC2. The molecule has 8 nitrogen and oxygen atoms in total. The number of fused-ring (bicyclic) bond motifs is 1. The molecule has 1 spiro atoms. The molecule has 25 heavy (non-hydrogen) atoms. The van der Waals surface area contributed by atoms with Gasteiger partial charge in [0.1, 0.15) is 0 Å². The fourth-order valence-electron chi connectivity index (χ4n) is 3.81. The molecule has 0 unspecified atom stereocenters. The van der Waals surface area contributed by atoms with E-state index in [1.807, 2.05) is 28.8 Å². The van der Waals surface area contributed by atoms with Crippen molar-refractivity contribution in [2.75, 3.05) is 20.2 Å². The number of pyridine rings is 1. The number of nitrogens with zero attached hydrogens (tertiary/aromatic N) is 4. The zero-order valence-corrected chi connectivity index (χ0v) is 14.1. The van der Waals surface area contributed by atoms with Gasteiger partial charge in [-0.2, -0.15) is 0 Å². The van der Waals surface area contributed by atoms with Crippen LogP contribution in [0.5, 0.6) is 0 Å². The second kappa shape index (κ2) is 6.02. The number of carbonyl (C=O) groups excluding carboxylic acids is 2. The summed E-state index contributed by atoms with van der Waals surface area (Å²) in [5.74, 6) is 0.604. The number of nitrogens with one attached hydrogen (secondary N) is 1. The van der Waals surface area contributed by atoms with Crippen LogP contribution >= 0.6 is 0 Å². The number of esters is 1. The smallest absolute Gasteiger partial charge is 0.317 e. The van der Waals surface area contributed by atoms with Crippen LogP contribution in [0.15, 0.2) is 24.4 Å². The Hall–Kier alpha value is -2.64. The Kier molecular flexibility index (Phi) is 3.82. The summed E-state index contributed by atoms with van der Waals surface area (Å²) >= 11 is 0. The molecule has 1 saturated heterocycles. The molecule has 1 N–H and O–H groups in total. The number of hydrogen-bond acceptors (Lipinski definition) is 5. The van der Waals surface area contributed by atoms with Gasteiger partial charge in [-0.15, -0.1) is 10.2 Å². The van der Waals surface area contributed by atoms with Crippen LogP contribution in [-0.2, 0) is 16.1 Å². The van der Waals surface area contributed by atoms with Crippen molar-refractivity contribution in [2.45, 2.75) is 25.8 Å². The van der Waals surface area contributed by atoms with Gasteiger partial charge in [-0.05, 0) is 36.8 Å². The Bertz CT molecular complexity index is 809. The molecule has 2 fully saturated rings. The molecule has 0 aromatic carbocycles. The number of piperidine rings is 1. The number of likely N-dealkylation sites (tertiary alicyclic amines) is 1. The van der Waals surface area contributed by atoms with E-state index >= 15 is 0 Å². The molecule has 1 saturated carbocycles. The van der Waals surface area contributed by atoms with E-state index in [9.17, 15) is 9.59 Å². The van der Waals surface area contributed by atoms with Gasteiger partial charge in [0.2, 0.25) is 0 Å². The van der Waals surface area contributed by atoms with Crippen LogP contribution in [0.4, 0.5) is 4.79 Å². The van der Waals surface area contributed by atoms with E-state index in [0.717, 1.165) is 24.9 Å². The highest BCUT2D eigenvalue weighted by atomic mass is 16.5. The van der Waals surface area contributed by atoms with Crippen LogP contribution < -0.4 is 5.32 Å². The highest BCUT2D eigenvalue weighted by Crippen LogP contribution is 2.59. The lowest BCUT2D eigenvalue weighted by atomic mass is 9.91. The maximum atomic E-state index is 12.4. The summed E-state index contributed by atoms with van der Waals surface area (Å²) in [5, 5.41) is 11.1. The molecule has 2 aromatic rings. The van der Waals surface area contributed by atoms with E-state index in [2.05, 4.69) is 15.5 Å². The van der Waals surface area contributed by atoms with E-state index in [1.165, 1.54) is 7.11 Å². The van der Waals surface area contributed by atoms with Gasteiger partial charge < -0.3 is 15.0 Å². The first-order chi connectivity index (χ1) is 12.1. The predicted octanol–water partition coefficient (Wildman–Crippen LogP) is 1.21. The molecule has 1 aliphatic heterocycles. The first-order valence-corrected chi connectivity index (χ1v) is 8.52. The van der Waals surface area contributed by atoms with Gasteiger partial charge in [0.25, 0.3) is 0 Å². The third-order valence-electron chi connectivity index (χ3n) is 5.50. The van der Waals surface area contributed by atoms with Crippen LogP contribution in [0.3, 0.4) is 0 Å². The van der Waals surface area contributed by atoms with Crippen LogP contribution in [0.25, 0.3) is 5.65 Å². The average molecular weight is 343 g/mol. The highest BCUT2D eigenvalue weighted by Gasteiger charge is 2.59. The summed E-state index contributed by atoms with van der Waals surface area (Å²) in [6.07, 6.45) is 4.48. The molecule has 8 heteroatoms. The Morgan fingerprint density at radius 3 is 2.88 bits per heavy atom. The van der Waals surface area contributed by atoms with Crippen molar-refractivity contribution in [1.82, 2.24) is 24.8 Å². The van der Waals surface area contributed by atoms with E-state index < -0.39 is 0 Å². The lowest BCUT2D eigenvalue weighted by Gasteiger charge is -2.32. The minimum Gasteiger partial charge on any atom is -0.469 e. The van der Waals surface area contributed by atoms with Crippen LogP contribution in [0.2, 0.25) is 0 Å². The second-order valence-electron chi connectivity index (χ2n) is 6.83. The monoisotopic (exact) mass is 343 g/mol. The molecule has 2 aliphatic rings. The number of hydrogen-bond donors (Lipinski definition) is 1. The van der Waals surface area contributed by atoms with E-state index in [1.54, 1.807) is 4.90 Å². The largest absolute Gasteiger partial charge is 0.469 e.